The number of para-hydroxylation sites is 1. The third kappa shape index (κ3) is 2.73. The maximum absolute atomic E-state index is 12.3. The minimum Gasteiger partial charge on any atom is -0.399 e. The number of nitrogen functional groups attached to an aromatic ring is 1. The van der Waals surface area contributed by atoms with Crippen molar-refractivity contribution in [2.45, 2.75) is 11.8 Å². The Bertz CT molecular complexity index is 792. The molecular weight excluding hydrogens is 274 g/mol. The van der Waals surface area contributed by atoms with E-state index in [1.807, 2.05) is 6.07 Å². The molecule has 0 bridgehead atoms. The molecule has 0 amide bonds. The lowest BCUT2D eigenvalue weighted by molar-refractivity contribution is 0.600. The van der Waals surface area contributed by atoms with Crippen molar-refractivity contribution in [2.75, 3.05) is 10.5 Å². The zero-order valence-corrected chi connectivity index (χ0v) is 11.6. The van der Waals surface area contributed by atoms with Gasteiger partial charge >= 0.3 is 0 Å². The standard InChI is InChI=1S/C14H13N3O2S/c1-10-8-12(16)6-7-14(10)20(18,19)17-13-5-3-2-4-11(13)9-15/h2-8,17H,16H2,1H3. The molecule has 5 nitrogen and oxygen atoms in total. The summed E-state index contributed by atoms with van der Waals surface area (Å²) in [5, 5.41) is 8.98. The van der Waals surface area contributed by atoms with Crippen LogP contribution in [0.1, 0.15) is 11.1 Å². The Labute approximate surface area is 117 Å². The highest BCUT2D eigenvalue weighted by molar-refractivity contribution is 7.92. The van der Waals surface area contributed by atoms with Gasteiger partial charge in [-0.15, -0.1) is 0 Å². The van der Waals surface area contributed by atoms with Gasteiger partial charge in [-0.2, -0.15) is 5.26 Å². The van der Waals surface area contributed by atoms with Gasteiger partial charge in [0.1, 0.15) is 6.07 Å². The maximum Gasteiger partial charge on any atom is 0.262 e. The van der Waals surface area contributed by atoms with Crippen molar-refractivity contribution in [1.29, 1.82) is 5.26 Å². The number of nitrogens with one attached hydrogen (secondary N) is 1. The number of nitrogens with zero attached hydrogens (tertiary/aromatic N) is 1. The molecule has 20 heavy (non-hydrogen) atoms. The summed E-state index contributed by atoms with van der Waals surface area (Å²) in [5.41, 5.74) is 7.18. The first-order valence-corrected chi connectivity index (χ1v) is 7.30. The van der Waals surface area contributed by atoms with Crippen molar-refractivity contribution >= 4 is 21.4 Å². The lowest BCUT2D eigenvalue weighted by Gasteiger charge is -2.11. The molecule has 0 saturated carbocycles. The average molecular weight is 287 g/mol. The normalized spacial score (nSPS) is 10.8. The molecule has 2 aromatic carbocycles. The minimum atomic E-state index is -3.75. The Morgan fingerprint density at radius 1 is 1.20 bits per heavy atom. The van der Waals surface area contributed by atoms with Gasteiger partial charge in [-0.05, 0) is 42.8 Å². The smallest absolute Gasteiger partial charge is 0.262 e. The second kappa shape index (κ2) is 5.23. The molecule has 3 N–H and O–H groups in total. The van der Waals surface area contributed by atoms with Gasteiger partial charge in [0.05, 0.1) is 16.1 Å². The predicted octanol–water partition coefficient (Wildman–Crippen LogP) is 2.25. The topological polar surface area (TPSA) is 96.0 Å². The first-order valence-electron chi connectivity index (χ1n) is 5.82. The van der Waals surface area contributed by atoms with E-state index in [-0.39, 0.29) is 16.1 Å². The van der Waals surface area contributed by atoms with Crippen LogP contribution in [0, 0.1) is 18.3 Å². The fourth-order valence-electron chi connectivity index (χ4n) is 1.84. The molecule has 0 aromatic heterocycles. The summed E-state index contributed by atoms with van der Waals surface area (Å²) >= 11 is 0. The molecule has 2 aromatic rings. The van der Waals surface area contributed by atoms with Crippen molar-refractivity contribution in [3.05, 3.63) is 53.6 Å². The maximum atomic E-state index is 12.3. The van der Waals surface area contributed by atoms with Crippen molar-refractivity contribution in [1.82, 2.24) is 0 Å². The quantitative estimate of drug-likeness (QED) is 0.846. The Kier molecular flexibility index (Phi) is 3.63. The molecule has 0 radical (unpaired) electrons. The summed E-state index contributed by atoms with van der Waals surface area (Å²) in [6.45, 7) is 1.67. The minimum absolute atomic E-state index is 0.138. The van der Waals surface area contributed by atoms with Gasteiger partial charge in [0, 0.05) is 5.69 Å². The van der Waals surface area contributed by atoms with E-state index >= 15 is 0 Å². The van der Waals surface area contributed by atoms with Crippen LogP contribution in [0.5, 0.6) is 0 Å². The number of nitriles is 1. The monoisotopic (exact) mass is 287 g/mol. The molecule has 0 unspecified atom stereocenters. The van der Waals surface area contributed by atoms with Crippen LogP contribution in [0.3, 0.4) is 0 Å². The zero-order valence-electron chi connectivity index (χ0n) is 10.8. The largest absolute Gasteiger partial charge is 0.399 e. The Morgan fingerprint density at radius 2 is 1.90 bits per heavy atom. The second-order valence-corrected chi connectivity index (χ2v) is 5.94. The lowest BCUT2D eigenvalue weighted by Crippen LogP contribution is -2.15. The zero-order chi connectivity index (χ0) is 14.8. The molecule has 0 fully saturated rings. The van der Waals surface area contributed by atoms with Crippen molar-refractivity contribution < 1.29 is 8.42 Å². The molecule has 0 aliphatic carbocycles. The molecule has 0 saturated heterocycles. The molecule has 0 aliphatic rings. The van der Waals surface area contributed by atoms with Gasteiger partial charge in [0.2, 0.25) is 0 Å². The van der Waals surface area contributed by atoms with Crippen LogP contribution < -0.4 is 10.5 Å². The van der Waals surface area contributed by atoms with Crippen LogP contribution in [-0.2, 0) is 10.0 Å². The summed E-state index contributed by atoms with van der Waals surface area (Å²) in [4.78, 5) is 0.138. The molecule has 6 heteroatoms. The van der Waals surface area contributed by atoms with Crippen molar-refractivity contribution in [2.24, 2.45) is 0 Å². The first-order chi connectivity index (χ1) is 9.44. The van der Waals surface area contributed by atoms with E-state index < -0.39 is 10.0 Å². The van der Waals surface area contributed by atoms with Gasteiger partial charge in [-0.3, -0.25) is 4.72 Å². The van der Waals surface area contributed by atoms with E-state index in [9.17, 15) is 8.42 Å². The number of sulfonamides is 1. The molecule has 0 spiro atoms. The predicted molar refractivity (Wildman–Crippen MR) is 77.6 cm³/mol. The van der Waals surface area contributed by atoms with Crippen LogP contribution in [0.15, 0.2) is 47.4 Å². The third-order valence-electron chi connectivity index (χ3n) is 2.78. The third-order valence-corrected chi connectivity index (χ3v) is 4.31. The molecule has 0 atom stereocenters. The number of hydrogen-bond donors (Lipinski definition) is 2. The van der Waals surface area contributed by atoms with E-state index in [4.69, 9.17) is 11.0 Å². The fraction of sp³-hybridized carbons (Fsp3) is 0.0714. The van der Waals surface area contributed by atoms with E-state index in [1.54, 1.807) is 37.3 Å². The lowest BCUT2D eigenvalue weighted by atomic mass is 10.2. The van der Waals surface area contributed by atoms with Gasteiger partial charge in [0.15, 0.2) is 0 Å². The van der Waals surface area contributed by atoms with Gasteiger partial charge in [0.25, 0.3) is 10.0 Å². The van der Waals surface area contributed by atoms with E-state index in [0.717, 1.165) is 0 Å². The van der Waals surface area contributed by atoms with E-state index in [0.29, 0.717) is 11.3 Å². The SMILES string of the molecule is Cc1cc(N)ccc1S(=O)(=O)Nc1ccccc1C#N. The fourth-order valence-corrected chi connectivity index (χ4v) is 3.15. The molecule has 0 aliphatic heterocycles. The number of aryl methyl sites for hydroxylation is 1. The number of hydrogen-bond acceptors (Lipinski definition) is 4. The van der Waals surface area contributed by atoms with E-state index in [1.165, 1.54) is 12.1 Å². The number of anilines is 2. The molecule has 2 rings (SSSR count). The number of rotatable bonds is 3. The van der Waals surface area contributed by atoms with Crippen molar-refractivity contribution in [3.63, 3.8) is 0 Å². The van der Waals surface area contributed by atoms with Gasteiger partial charge in [-0.1, -0.05) is 12.1 Å². The first kappa shape index (κ1) is 13.9. The highest BCUT2D eigenvalue weighted by Crippen LogP contribution is 2.22. The average Bonchev–Trinajstić information content (AvgIpc) is 2.38. The van der Waals surface area contributed by atoms with Crippen LogP contribution >= 0.6 is 0 Å². The highest BCUT2D eigenvalue weighted by atomic mass is 32.2. The number of benzene rings is 2. The van der Waals surface area contributed by atoms with Crippen LogP contribution in [0.4, 0.5) is 11.4 Å². The highest BCUT2D eigenvalue weighted by Gasteiger charge is 2.18. The van der Waals surface area contributed by atoms with Gasteiger partial charge in [-0.25, -0.2) is 8.42 Å². The summed E-state index contributed by atoms with van der Waals surface area (Å²) in [6.07, 6.45) is 0. The van der Waals surface area contributed by atoms with Crippen LogP contribution in [0.2, 0.25) is 0 Å². The number of nitrogens with two attached hydrogens (primary N) is 1. The Hall–Kier alpha value is -2.52. The molecule has 0 heterocycles. The Balaban J connectivity index is 2.44. The van der Waals surface area contributed by atoms with Crippen molar-refractivity contribution in [3.8, 4) is 6.07 Å². The summed E-state index contributed by atoms with van der Waals surface area (Å²) < 4.78 is 27.1. The Morgan fingerprint density at radius 3 is 2.55 bits per heavy atom. The van der Waals surface area contributed by atoms with E-state index in [2.05, 4.69) is 4.72 Å². The second-order valence-electron chi connectivity index (χ2n) is 4.29. The summed E-state index contributed by atoms with van der Waals surface area (Å²) in [5.74, 6) is 0. The molecular formula is C14H13N3O2S. The summed E-state index contributed by atoms with van der Waals surface area (Å²) in [7, 11) is -3.75. The van der Waals surface area contributed by atoms with Crippen LogP contribution in [-0.4, -0.2) is 8.42 Å². The van der Waals surface area contributed by atoms with Gasteiger partial charge < -0.3 is 5.73 Å². The molecule has 102 valence electrons. The summed E-state index contributed by atoms with van der Waals surface area (Å²) in [6, 6.07) is 12.9. The van der Waals surface area contributed by atoms with Crippen LogP contribution in [0.25, 0.3) is 0 Å².